The van der Waals surface area contributed by atoms with Crippen LogP contribution >= 0.6 is 12.4 Å². The summed E-state index contributed by atoms with van der Waals surface area (Å²) in [5, 5.41) is 0. The Morgan fingerprint density at radius 1 is 0.963 bits per heavy atom. The molecule has 1 aliphatic rings. The predicted molar refractivity (Wildman–Crippen MR) is 104 cm³/mol. The van der Waals surface area contributed by atoms with Crippen molar-refractivity contribution in [2.24, 2.45) is 0 Å². The summed E-state index contributed by atoms with van der Waals surface area (Å²) in [5.74, 6) is -0.427. The maximum Gasteiger partial charge on any atom is 0.261 e. The van der Waals surface area contributed by atoms with Crippen molar-refractivity contribution in [2.45, 2.75) is 33.0 Å². The number of imidazole rings is 1. The van der Waals surface area contributed by atoms with E-state index >= 15 is 0 Å². The fourth-order valence-corrected chi connectivity index (χ4v) is 3.46. The number of fused-ring (bicyclic) bond motifs is 1. The number of carbonyl (C=O) groups is 2. The van der Waals surface area contributed by atoms with Gasteiger partial charge in [-0.1, -0.05) is 12.1 Å². The van der Waals surface area contributed by atoms with Gasteiger partial charge in [-0.25, -0.2) is 4.98 Å². The van der Waals surface area contributed by atoms with Crippen LogP contribution in [0.2, 0.25) is 0 Å². The van der Waals surface area contributed by atoms with Crippen molar-refractivity contribution in [3.8, 4) is 0 Å². The first-order chi connectivity index (χ1) is 12.6. The Morgan fingerprint density at radius 2 is 1.67 bits per heavy atom. The van der Waals surface area contributed by atoms with E-state index in [1.165, 1.54) is 4.90 Å². The van der Waals surface area contributed by atoms with Crippen LogP contribution in [0.1, 0.15) is 38.5 Å². The molecule has 0 saturated heterocycles. The lowest BCUT2D eigenvalue weighted by Crippen LogP contribution is -2.30. The van der Waals surface area contributed by atoms with E-state index in [0.717, 1.165) is 30.9 Å². The highest BCUT2D eigenvalue weighted by atomic mass is 35.5. The summed E-state index contributed by atoms with van der Waals surface area (Å²) in [6, 6.07) is 11.0. The number of hydrogen-bond donors (Lipinski definition) is 0. The monoisotopic (exact) mass is 384 g/mol. The highest BCUT2D eigenvalue weighted by Gasteiger charge is 2.35. The average molecular weight is 385 g/mol. The molecule has 27 heavy (non-hydrogen) atoms. The molecule has 2 amide bonds. The molecular weight excluding hydrogens is 364 g/mol. The lowest BCUT2D eigenvalue weighted by Gasteiger charge is -2.17. The first-order valence-corrected chi connectivity index (χ1v) is 8.71. The van der Waals surface area contributed by atoms with Gasteiger partial charge in [0.1, 0.15) is 0 Å². The third-order valence-electron chi connectivity index (χ3n) is 4.84. The van der Waals surface area contributed by atoms with Crippen LogP contribution in [0.15, 0.2) is 55.1 Å². The molecule has 4 rings (SSSR count). The van der Waals surface area contributed by atoms with Crippen LogP contribution in [0.4, 0.5) is 0 Å². The second-order valence-electron chi connectivity index (χ2n) is 6.51. The van der Waals surface area contributed by atoms with Crippen LogP contribution in [0, 0.1) is 6.92 Å². The highest BCUT2D eigenvalue weighted by molar-refractivity contribution is 6.21. The van der Waals surface area contributed by atoms with Gasteiger partial charge in [0.25, 0.3) is 11.8 Å². The molecule has 140 valence electrons. The number of aryl methyl sites for hydroxylation is 2. The summed E-state index contributed by atoms with van der Waals surface area (Å²) >= 11 is 0. The molecule has 1 aromatic carbocycles. The lowest BCUT2D eigenvalue weighted by molar-refractivity contribution is 0.0638. The summed E-state index contributed by atoms with van der Waals surface area (Å²) < 4.78 is 4.23. The minimum Gasteiger partial charge on any atom is -0.347 e. The van der Waals surface area contributed by atoms with Crippen molar-refractivity contribution in [3.63, 3.8) is 0 Å². The molecule has 0 spiro atoms. The van der Waals surface area contributed by atoms with Gasteiger partial charge in [-0.2, -0.15) is 0 Å². The van der Waals surface area contributed by atoms with Crippen LogP contribution in [0.3, 0.4) is 0 Å². The third-order valence-corrected chi connectivity index (χ3v) is 4.84. The second kappa shape index (κ2) is 7.80. The zero-order chi connectivity index (χ0) is 18.1. The molecule has 0 fully saturated rings. The maximum absolute atomic E-state index is 12.6. The summed E-state index contributed by atoms with van der Waals surface area (Å²) in [5.41, 5.74) is 3.09. The van der Waals surface area contributed by atoms with E-state index < -0.39 is 0 Å². The van der Waals surface area contributed by atoms with Crippen molar-refractivity contribution in [1.29, 1.82) is 0 Å². The normalized spacial score (nSPS) is 13.0. The van der Waals surface area contributed by atoms with Gasteiger partial charge >= 0.3 is 0 Å². The Labute approximate surface area is 163 Å². The summed E-state index contributed by atoms with van der Waals surface area (Å²) in [6.07, 6.45) is 6.47. The van der Waals surface area contributed by atoms with Crippen molar-refractivity contribution in [1.82, 2.24) is 19.0 Å². The Hall–Kier alpha value is -2.86. The first-order valence-electron chi connectivity index (χ1n) is 8.71. The van der Waals surface area contributed by atoms with Crippen LogP contribution in [-0.4, -0.2) is 30.8 Å². The van der Waals surface area contributed by atoms with Crippen molar-refractivity contribution < 1.29 is 9.59 Å². The smallest absolute Gasteiger partial charge is 0.261 e. The van der Waals surface area contributed by atoms with Gasteiger partial charge in [0, 0.05) is 36.9 Å². The van der Waals surface area contributed by atoms with E-state index in [1.54, 1.807) is 30.5 Å². The Bertz CT molecular complexity index is 927. The molecule has 0 saturated carbocycles. The van der Waals surface area contributed by atoms with E-state index in [-0.39, 0.29) is 24.2 Å². The SMILES string of the molecule is Cc1ccc(CN2C(=O)c3ccccc3C2=O)n1CCCn1ccnc1.Cl. The topological polar surface area (TPSA) is 60.1 Å². The average Bonchev–Trinajstić information content (AvgIpc) is 3.34. The van der Waals surface area contributed by atoms with E-state index in [4.69, 9.17) is 0 Å². The number of imide groups is 1. The zero-order valence-electron chi connectivity index (χ0n) is 15.0. The van der Waals surface area contributed by atoms with E-state index in [9.17, 15) is 9.59 Å². The molecule has 0 bridgehead atoms. The van der Waals surface area contributed by atoms with Crippen LogP contribution in [-0.2, 0) is 19.6 Å². The standard InChI is InChI=1S/C20H20N4O2.ClH/c1-15-7-8-16(23(15)11-4-10-22-12-9-21-14-22)13-24-19(25)17-5-2-3-6-18(17)20(24)26;/h2-3,5-9,12,14H,4,10-11,13H2,1H3;1H. The maximum atomic E-state index is 12.6. The Morgan fingerprint density at radius 3 is 2.30 bits per heavy atom. The predicted octanol–water partition coefficient (Wildman–Crippen LogP) is 3.30. The molecule has 1 aliphatic heterocycles. The molecule has 7 heteroatoms. The zero-order valence-corrected chi connectivity index (χ0v) is 15.9. The minimum atomic E-state index is -0.214. The number of hydrogen-bond acceptors (Lipinski definition) is 3. The van der Waals surface area contributed by atoms with Gasteiger partial charge < -0.3 is 9.13 Å². The number of halogens is 1. The van der Waals surface area contributed by atoms with Gasteiger partial charge in [0.05, 0.1) is 24.0 Å². The molecule has 3 heterocycles. The number of nitrogens with zero attached hydrogens (tertiary/aromatic N) is 4. The van der Waals surface area contributed by atoms with Gasteiger partial charge in [0.15, 0.2) is 0 Å². The number of aromatic nitrogens is 3. The molecule has 6 nitrogen and oxygen atoms in total. The van der Waals surface area contributed by atoms with Crippen LogP contribution in [0.5, 0.6) is 0 Å². The van der Waals surface area contributed by atoms with Crippen molar-refractivity contribution in [2.75, 3.05) is 0 Å². The number of amides is 2. The number of benzene rings is 1. The first kappa shape index (κ1) is 18.9. The summed E-state index contributed by atoms with van der Waals surface area (Å²) in [6.45, 7) is 4.05. The summed E-state index contributed by atoms with van der Waals surface area (Å²) in [7, 11) is 0. The molecule has 0 radical (unpaired) electrons. The lowest BCUT2D eigenvalue weighted by atomic mass is 10.1. The molecule has 3 aromatic rings. The Kier molecular flexibility index (Phi) is 5.46. The Balaban J connectivity index is 0.00000210. The van der Waals surface area contributed by atoms with Crippen LogP contribution < -0.4 is 0 Å². The van der Waals surface area contributed by atoms with Crippen molar-refractivity contribution >= 4 is 24.2 Å². The van der Waals surface area contributed by atoms with E-state index in [0.29, 0.717) is 17.7 Å². The van der Waals surface area contributed by atoms with E-state index in [1.807, 2.05) is 36.1 Å². The minimum absolute atomic E-state index is 0. The number of carbonyl (C=O) groups excluding carboxylic acids is 2. The number of rotatable bonds is 6. The molecule has 0 atom stereocenters. The molecule has 0 aliphatic carbocycles. The van der Waals surface area contributed by atoms with E-state index in [2.05, 4.69) is 9.55 Å². The summed E-state index contributed by atoms with van der Waals surface area (Å²) in [4.78, 5) is 30.6. The fourth-order valence-electron chi connectivity index (χ4n) is 3.46. The van der Waals surface area contributed by atoms with Crippen LogP contribution in [0.25, 0.3) is 0 Å². The van der Waals surface area contributed by atoms with Gasteiger partial charge in [0.2, 0.25) is 0 Å². The van der Waals surface area contributed by atoms with Gasteiger partial charge in [-0.3, -0.25) is 14.5 Å². The fraction of sp³-hybridized carbons (Fsp3) is 0.250. The molecule has 0 N–H and O–H groups in total. The highest BCUT2D eigenvalue weighted by Crippen LogP contribution is 2.25. The largest absolute Gasteiger partial charge is 0.347 e. The van der Waals surface area contributed by atoms with Gasteiger partial charge in [-0.15, -0.1) is 12.4 Å². The van der Waals surface area contributed by atoms with Gasteiger partial charge in [-0.05, 0) is 37.6 Å². The molecular formula is C20H21ClN4O2. The molecule has 2 aromatic heterocycles. The quantitative estimate of drug-likeness (QED) is 0.612. The second-order valence-corrected chi connectivity index (χ2v) is 6.51. The van der Waals surface area contributed by atoms with Crippen molar-refractivity contribution in [3.05, 3.63) is 77.6 Å². The molecule has 0 unspecified atom stereocenters. The third kappa shape index (κ3) is 3.53.